The fourth-order valence-electron chi connectivity index (χ4n) is 1.09. The lowest BCUT2D eigenvalue weighted by molar-refractivity contribution is 0.0950. The van der Waals surface area contributed by atoms with E-state index in [1.54, 1.807) is 30.3 Å². The number of hydrogen-bond acceptors (Lipinski definition) is 3. The van der Waals surface area contributed by atoms with Crippen LogP contribution in [0, 0.1) is 28.6 Å². The molecule has 1 aromatic rings. The summed E-state index contributed by atoms with van der Waals surface area (Å²) in [5, 5.41) is 17.1. The molecule has 0 aliphatic heterocycles. The van der Waals surface area contributed by atoms with Crippen LogP contribution in [-0.2, 0) is 0 Å². The van der Waals surface area contributed by atoms with E-state index in [1.807, 2.05) is 12.1 Å². The molecule has 0 fully saturated rings. The van der Waals surface area contributed by atoms with Crippen LogP contribution in [-0.4, -0.2) is 5.78 Å². The SMILES string of the molecule is N#CCC(C#N)C(=O)c1ccccc1. The lowest BCUT2D eigenvalue weighted by Crippen LogP contribution is -2.12. The number of Topliss-reactive ketones (excluding diaryl/α,β-unsaturated/α-hetero) is 1. The third-order valence-electron chi connectivity index (χ3n) is 1.83. The summed E-state index contributed by atoms with van der Waals surface area (Å²) in [5.41, 5.74) is 0.481. The number of nitriles is 2. The average Bonchev–Trinajstić information content (AvgIpc) is 2.26. The summed E-state index contributed by atoms with van der Waals surface area (Å²) in [6, 6.07) is 12.2. The monoisotopic (exact) mass is 184 g/mol. The normalized spacial score (nSPS) is 11.0. The number of hydrogen-bond donors (Lipinski definition) is 0. The molecule has 0 aliphatic rings. The molecule has 14 heavy (non-hydrogen) atoms. The van der Waals surface area contributed by atoms with Gasteiger partial charge in [-0.25, -0.2) is 0 Å². The third kappa shape index (κ3) is 2.18. The van der Waals surface area contributed by atoms with Crippen LogP contribution >= 0.6 is 0 Å². The van der Waals surface area contributed by atoms with E-state index in [-0.39, 0.29) is 12.2 Å². The molecule has 0 spiro atoms. The topological polar surface area (TPSA) is 64.7 Å². The number of carbonyl (C=O) groups excluding carboxylic acids is 1. The quantitative estimate of drug-likeness (QED) is 0.674. The van der Waals surface area contributed by atoms with E-state index in [0.717, 1.165) is 0 Å². The van der Waals surface area contributed by atoms with Crippen molar-refractivity contribution in [2.75, 3.05) is 0 Å². The summed E-state index contributed by atoms with van der Waals surface area (Å²) in [5.74, 6) is -1.13. The van der Waals surface area contributed by atoms with Crippen molar-refractivity contribution >= 4 is 5.78 Å². The summed E-state index contributed by atoms with van der Waals surface area (Å²) in [7, 11) is 0. The van der Waals surface area contributed by atoms with Crippen molar-refractivity contribution in [2.45, 2.75) is 6.42 Å². The summed E-state index contributed by atoms with van der Waals surface area (Å²) >= 11 is 0. The fourth-order valence-corrected chi connectivity index (χ4v) is 1.09. The predicted octanol–water partition coefficient (Wildman–Crippen LogP) is 1.92. The van der Waals surface area contributed by atoms with Crippen LogP contribution in [0.5, 0.6) is 0 Å². The first-order valence-corrected chi connectivity index (χ1v) is 4.15. The molecule has 0 bridgehead atoms. The molecule has 0 radical (unpaired) electrons. The van der Waals surface area contributed by atoms with E-state index in [0.29, 0.717) is 5.56 Å². The van der Waals surface area contributed by atoms with Gasteiger partial charge in [-0.2, -0.15) is 10.5 Å². The van der Waals surface area contributed by atoms with Crippen LogP contribution in [0.25, 0.3) is 0 Å². The van der Waals surface area contributed by atoms with Gasteiger partial charge >= 0.3 is 0 Å². The molecular formula is C11H8N2O. The zero-order valence-electron chi connectivity index (χ0n) is 7.47. The van der Waals surface area contributed by atoms with E-state index in [4.69, 9.17) is 10.5 Å². The van der Waals surface area contributed by atoms with Crippen molar-refractivity contribution in [1.82, 2.24) is 0 Å². The number of benzene rings is 1. The summed E-state index contributed by atoms with van der Waals surface area (Å²) in [6.45, 7) is 0. The second-order valence-corrected chi connectivity index (χ2v) is 2.77. The summed E-state index contributed by atoms with van der Waals surface area (Å²) in [4.78, 5) is 11.6. The highest BCUT2D eigenvalue weighted by atomic mass is 16.1. The Labute approximate surface area is 82.2 Å². The van der Waals surface area contributed by atoms with Gasteiger partial charge in [0.25, 0.3) is 0 Å². The van der Waals surface area contributed by atoms with Gasteiger partial charge in [-0.3, -0.25) is 4.79 Å². The largest absolute Gasteiger partial charge is 0.293 e. The maximum absolute atomic E-state index is 11.6. The minimum Gasteiger partial charge on any atom is -0.293 e. The number of nitrogens with zero attached hydrogens (tertiary/aromatic N) is 2. The zero-order chi connectivity index (χ0) is 10.4. The Balaban J connectivity index is 2.86. The number of ketones is 1. The van der Waals surface area contributed by atoms with Crippen LogP contribution in [0.1, 0.15) is 16.8 Å². The van der Waals surface area contributed by atoms with Crippen LogP contribution in [0.3, 0.4) is 0 Å². The first-order chi connectivity index (χ1) is 6.79. The minimum absolute atomic E-state index is 0.0514. The smallest absolute Gasteiger partial charge is 0.181 e. The van der Waals surface area contributed by atoms with Crippen LogP contribution in [0.15, 0.2) is 30.3 Å². The molecule has 3 nitrogen and oxygen atoms in total. The van der Waals surface area contributed by atoms with Gasteiger partial charge in [0.1, 0.15) is 5.92 Å². The van der Waals surface area contributed by atoms with E-state index in [9.17, 15) is 4.79 Å². The van der Waals surface area contributed by atoms with Crippen LogP contribution < -0.4 is 0 Å². The van der Waals surface area contributed by atoms with Crippen molar-refractivity contribution in [3.63, 3.8) is 0 Å². The van der Waals surface area contributed by atoms with E-state index >= 15 is 0 Å². The Hall–Kier alpha value is -2.13. The molecule has 0 aliphatic carbocycles. The first-order valence-electron chi connectivity index (χ1n) is 4.15. The number of rotatable bonds is 3. The maximum atomic E-state index is 11.6. The van der Waals surface area contributed by atoms with Gasteiger partial charge in [-0.05, 0) is 0 Å². The molecule has 3 heteroatoms. The fraction of sp³-hybridized carbons (Fsp3) is 0.182. The van der Waals surface area contributed by atoms with Crippen LogP contribution in [0.4, 0.5) is 0 Å². The molecule has 1 rings (SSSR count). The van der Waals surface area contributed by atoms with Crippen molar-refractivity contribution in [3.05, 3.63) is 35.9 Å². The first kappa shape index (κ1) is 9.95. The van der Waals surface area contributed by atoms with E-state index in [1.165, 1.54) is 0 Å². The average molecular weight is 184 g/mol. The van der Waals surface area contributed by atoms with Crippen LogP contribution in [0.2, 0.25) is 0 Å². The Morgan fingerprint density at radius 3 is 2.43 bits per heavy atom. The summed E-state index contributed by atoms with van der Waals surface area (Å²) in [6.07, 6.45) is -0.0514. The minimum atomic E-state index is -0.845. The standard InChI is InChI=1S/C11H8N2O/c12-7-6-10(8-13)11(14)9-4-2-1-3-5-9/h1-5,10H,6H2. The number of carbonyl (C=O) groups is 1. The van der Waals surface area contributed by atoms with Gasteiger partial charge < -0.3 is 0 Å². The van der Waals surface area contributed by atoms with Gasteiger partial charge in [0, 0.05) is 5.56 Å². The van der Waals surface area contributed by atoms with Gasteiger partial charge in [0.05, 0.1) is 18.6 Å². The molecule has 1 atom stereocenters. The molecular weight excluding hydrogens is 176 g/mol. The third-order valence-corrected chi connectivity index (χ3v) is 1.83. The molecule has 0 saturated carbocycles. The molecule has 0 saturated heterocycles. The molecule has 0 N–H and O–H groups in total. The molecule has 0 heterocycles. The van der Waals surface area contributed by atoms with Gasteiger partial charge in [0.2, 0.25) is 0 Å². The predicted molar refractivity (Wildman–Crippen MR) is 50.1 cm³/mol. The Bertz CT molecular complexity index is 398. The Morgan fingerprint density at radius 2 is 1.93 bits per heavy atom. The van der Waals surface area contributed by atoms with Crippen molar-refractivity contribution in [3.8, 4) is 12.1 Å². The summed E-state index contributed by atoms with van der Waals surface area (Å²) < 4.78 is 0. The van der Waals surface area contributed by atoms with Crippen molar-refractivity contribution in [1.29, 1.82) is 10.5 Å². The van der Waals surface area contributed by atoms with Gasteiger partial charge in [-0.15, -0.1) is 0 Å². The highest BCUT2D eigenvalue weighted by Gasteiger charge is 2.18. The van der Waals surface area contributed by atoms with Crippen molar-refractivity contribution < 1.29 is 4.79 Å². The maximum Gasteiger partial charge on any atom is 0.181 e. The van der Waals surface area contributed by atoms with Crippen molar-refractivity contribution in [2.24, 2.45) is 5.92 Å². The lowest BCUT2D eigenvalue weighted by atomic mass is 9.97. The van der Waals surface area contributed by atoms with Gasteiger partial charge in [-0.1, -0.05) is 30.3 Å². The highest BCUT2D eigenvalue weighted by molar-refractivity contribution is 5.99. The Kier molecular flexibility index (Phi) is 3.41. The molecule has 1 unspecified atom stereocenters. The molecule has 0 amide bonds. The molecule has 1 aromatic carbocycles. The molecule has 68 valence electrons. The van der Waals surface area contributed by atoms with E-state index in [2.05, 4.69) is 0 Å². The lowest BCUT2D eigenvalue weighted by Gasteiger charge is -2.02. The van der Waals surface area contributed by atoms with Gasteiger partial charge in [0.15, 0.2) is 5.78 Å². The highest BCUT2D eigenvalue weighted by Crippen LogP contribution is 2.10. The van der Waals surface area contributed by atoms with E-state index < -0.39 is 5.92 Å². The second kappa shape index (κ2) is 4.79. The zero-order valence-corrected chi connectivity index (χ0v) is 7.47. The Morgan fingerprint density at radius 1 is 1.29 bits per heavy atom. The molecule has 0 aromatic heterocycles. The second-order valence-electron chi connectivity index (χ2n) is 2.77.